The van der Waals surface area contributed by atoms with Crippen LogP contribution in [0.1, 0.15) is 12.3 Å². The van der Waals surface area contributed by atoms with Crippen molar-refractivity contribution in [2.24, 2.45) is 0 Å². The van der Waals surface area contributed by atoms with Gasteiger partial charge in [-0.2, -0.15) is 4.98 Å². The Balaban J connectivity index is 1.43. The monoisotopic (exact) mass is 350 g/mol. The number of hydrogen-bond acceptors (Lipinski definition) is 6. The third-order valence-electron chi connectivity index (χ3n) is 3.66. The van der Waals surface area contributed by atoms with Gasteiger partial charge < -0.3 is 19.9 Å². The molecule has 1 aromatic heterocycles. The molecule has 2 heterocycles. The normalized spacial score (nSPS) is 17.6. The molecular formula is C16H19ClN4O3. The van der Waals surface area contributed by atoms with E-state index in [0.29, 0.717) is 49.3 Å². The van der Waals surface area contributed by atoms with Crippen LogP contribution in [-0.4, -0.2) is 48.4 Å². The Morgan fingerprint density at radius 3 is 2.96 bits per heavy atom. The smallest absolute Gasteiger partial charge is 0.228 e. The first-order valence-corrected chi connectivity index (χ1v) is 8.25. The molecule has 0 aliphatic carbocycles. The van der Waals surface area contributed by atoms with Gasteiger partial charge in [-0.3, -0.25) is 4.79 Å². The molecule has 1 unspecified atom stereocenters. The third kappa shape index (κ3) is 4.77. The zero-order chi connectivity index (χ0) is 16.8. The molecule has 7 nitrogen and oxygen atoms in total. The van der Waals surface area contributed by atoms with Crippen molar-refractivity contribution in [3.63, 3.8) is 0 Å². The van der Waals surface area contributed by atoms with E-state index in [2.05, 4.69) is 20.8 Å². The SMILES string of the molecule is O=C(CC1COCCN1)NCCc1nc(-c2ccc(Cl)cc2)no1. The zero-order valence-electron chi connectivity index (χ0n) is 13.1. The average Bonchev–Trinajstić information content (AvgIpc) is 3.05. The van der Waals surface area contributed by atoms with E-state index in [-0.39, 0.29) is 11.9 Å². The van der Waals surface area contributed by atoms with Gasteiger partial charge in [-0.1, -0.05) is 16.8 Å². The molecule has 0 bridgehead atoms. The highest BCUT2D eigenvalue weighted by Crippen LogP contribution is 2.18. The number of aromatic nitrogens is 2. The number of nitrogens with zero attached hydrogens (tertiary/aromatic N) is 2. The average molecular weight is 351 g/mol. The highest BCUT2D eigenvalue weighted by molar-refractivity contribution is 6.30. The second-order valence-corrected chi connectivity index (χ2v) is 5.99. The number of nitrogens with one attached hydrogen (secondary N) is 2. The fraction of sp³-hybridized carbons (Fsp3) is 0.438. The van der Waals surface area contributed by atoms with Crippen molar-refractivity contribution < 1.29 is 14.1 Å². The molecule has 1 amide bonds. The Bertz CT molecular complexity index is 668. The van der Waals surface area contributed by atoms with Crippen molar-refractivity contribution >= 4 is 17.5 Å². The van der Waals surface area contributed by atoms with E-state index < -0.39 is 0 Å². The summed E-state index contributed by atoms with van der Waals surface area (Å²) in [6.07, 6.45) is 0.890. The quantitative estimate of drug-likeness (QED) is 0.819. The largest absolute Gasteiger partial charge is 0.378 e. The molecule has 0 saturated carbocycles. The molecule has 128 valence electrons. The summed E-state index contributed by atoms with van der Waals surface area (Å²) in [5.74, 6) is 0.978. The van der Waals surface area contributed by atoms with Crippen LogP contribution >= 0.6 is 11.6 Å². The Labute approximate surface area is 144 Å². The lowest BCUT2D eigenvalue weighted by molar-refractivity contribution is -0.122. The highest BCUT2D eigenvalue weighted by atomic mass is 35.5. The fourth-order valence-electron chi connectivity index (χ4n) is 2.43. The number of amides is 1. The molecule has 1 atom stereocenters. The van der Waals surface area contributed by atoms with Crippen LogP contribution in [0.5, 0.6) is 0 Å². The van der Waals surface area contributed by atoms with E-state index in [0.717, 1.165) is 12.1 Å². The minimum absolute atomic E-state index is 0.0181. The van der Waals surface area contributed by atoms with Crippen LogP contribution in [0.3, 0.4) is 0 Å². The predicted molar refractivity (Wildman–Crippen MR) is 88.7 cm³/mol. The van der Waals surface area contributed by atoms with Crippen LogP contribution < -0.4 is 10.6 Å². The van der Waals surface area contributed by atoms with E-state index >= 15 is 0 Å². The number of morpholine rings is 1. The van der Waals surface area contributed by atoms with Gasteiger partial charge in [0.1, 0.15) is 0 Å². The molecule has 1 aliphatic rings. The van der Waals surface area contributed by atoms with Crippen LogP contribution in [0.25, 0.3) is 11.4 Å². The number of rotatable bonds is 6. The molecule has 1 aliphatic heterocycles. The summed E-state index contributed by atoms with van der Waals surface area (Å²) in [7, 11) is 0. The van der Waals surface area contributed by atoms with Crippen molar-refractivity contribution in [1.29, 1.82) is 0 Å². The molecule has 24 heavy (non-hydrogen) atoms. The lowest BCUT2D eigenvalue weighted by Gasteiger charge is -2.23. The van der Waals surface area contributed by atoms with E-state index in [9.17, 15) is 4.79 Å². The molecule has 2 aromatic rings. The second kappa shape index (κ2) is 8.23. The summed E-state index contributed by atoms with van der Waals surface area (Å²) >= 11 is 5.86. The minimum Gasteiger partial charge on any atom is -0.378 e. The number of ether oxygens (including phenoxy) is 1. The van der Waals surface area contributed by atoms with Gasteiger partial charge in [0.15, 0.2) is 0 Å². The number of halogens is 1. The van der Waals surface area contributed by atoms with Crippen LogP contribution in [-0.2, 0) is 16.0 Å². The first kappa shape index (κ1) is 16.9. The maximum Gasteiger partial charge on any atom is 0.228 e. The van der Waals surface area contributed by atoms with Crippen molar-refractivity contribution in [2.45, 2.75) is 18.9 Å². The van der Waals surface area contributed by atoms with Gasteiger partial charge in [0, 0.05) is 42.6 Å². The van der Waals surface area contributed by atoms with Crippen molar-refractivity contribution in [3.8, 4) is 11.4 Å². The van der Waals surface area contributed by atoms with Gasteiger partial charge in [-0.15, -0.1) is 0 Å². The number of benzene rings is 1. The molecule has 8 heteroatoms. The molecule has 0 radical (unpaired) electrons. The highest BCUT2D eigenvalue weighted by Gasteiger charge is 2.16. The van der Waals surface area contributed by atoms with Crippen LogP contribution in [0.2, 0.25) is 5.02 Å². The van der Waals surface area contributed by atoms with E-state index in [4.69, 9.17) is 20.9 Å². The van der Waals surface area contributed by atoms with Crippen LogP contribution in [0.4, 0.5) is 0 Å². The van der Waals surface area contributed by atoms with E-state index in [1.54, 1.807) is 12.1 Å². The molecule has 3 rings (SSSR count). The molecule has 0 spiro atoms. The van der Waals surface area contributed by atoms with Gasteiger partial charge >= 0.3 is 0 Å². The second-order valence-electron chi connectivity index (χ2n) is 5.55. The van der Waals surface area contributed by atoms with E-state index in [1.165, 1.54) is 0 Å². The molecule has 1 saturated heterocycles. The molecule has 1 fully saturated rings. The van der Waals surface area contributed by atoms with Gasteiger partial charge in [-0.05, 0) is 24.3 Å². The lowest BCUT2D eigenvalue weighted by Crippen LogP contribution is -2.44. The van der Waals surface area contributed by atoms with Crippen LogP contribution in [0.15, 0.2) is 28.8 Å². The molecule has 1 aromatic carbocycles. The van der Waals surface area contributed by atoms with Crippen molar-refractivity contribution in [1.82, 2.24) is 20.8 Å². The number of hydrogen-bond donors (Lipinski definition) is 2. The van der Waals surface area contributed by atoms with Crippen molar-refractivity contribution in [3.05, 3.63) is 35.2 Å². The Morgan fingerprint density at radius 2 is 2.21 bits per heavy atom. The maximum absolute atomic E-state index is 11.9. The topological polar surface area (TPSA) is 89.3 Å². The Kier molecular flexibility index (Phi) is 5.79. The van der Waals surface area contributed by atoms with Gasteiger partial charge in [0.05, 0.1) is 13.2 Å². The summed E-state index contributed by atoms with van der Waals surface area (Å²) in [4.78, 5) is 16.2. The predicted octanol–water partition coefficient (Wildman–Crippen LogP) is 1.43. The van der Waals surface area contributed by atoms with Gasteiger partial charge in [-0.25, -0.2) is 0 Å². The van der Waals surface area contributed by atoms with E-state index in [1.807, 2.05) is 12.1 Å². The van der Waals surface area contributed by atoms with Crippen molar-refractivity contribution in [2.75, 3.05) is 26.3 Å². The standard InChI is InChI=1S/C16H19ClN4O3/c17-12-3-1-11(2-4-12)16-20-15(24-21-16)5-6-19-14(22)9-13-10-23-8-7-18-13/h1-4,13,18H,5-10H2,(H,19,22). The zero-order valence-corrected chi connectivity index (χ0v) is 13.9. The summed E-state index contributed by atoms with van der Waals surface area (Å²) in [5, 5.41) is 10.7. The summed E-state index contributed by atoms with van der Waals surface area (Å²) in [6, 6.07) is 7.29. The third-order valence-corrected chi connectivity index (χ3v) is 3.91. The minimum atomic E-state index is -0.0181. The number of carbonyl (C=O) groups excluding carboxylic acids is 1. The maximum atomic E-state index is 11.9. The summed E-state index contributed by atoms with van der Waals surface area (Å²) < 4.78 is 10.5. The number of carbonyl (C=O) groups is 1. The van der Waals surface area contributed by atoms with Crippen LogP contribution in [0, 0.1) is 0 Å². The Morgan fingerprint density at radius 1 is 1.38 bits per heavy atom. The lowest BCUT2D eigenvalue weighted by atomic mass is 10.2. The molecular weight excluding hydrogens is 332 g/mol. The fourth-order valence-corrected chi connectivity index (χ4v) is 2.55. The summed E-state index contributed by atoms with van der Waals surface area (Å²) in [6.45, 7) is 2.51. The Hall–Kier alpha value is -1.96. The summed E-state index contributed by atoms with van der Waals surface area (Å²) in [5.41, 5.74) is 0.835. The van der Waals surface area contributed by atoms with Gasteiger partial charge in [0.2, 0.25) is 17.6 Å². The first-order chi connectivity index (χ1) is 11.7. The first-order valence-electron chi connectivity index (χ1n) is 7.87. The molecule has 2 N–H and O–H groups in total. The van der Waals surface area contributed by atoms with Gasteiger partial charge in [0.25, 0.3) is 0 Å².